The normalized spacial score (nSPS) is 25.7. The molecule has 1 N–H and O–H groups in total. The third-order valence-electron chi connectivity index (χ3n) is 6.83. The zero-order valence-corrected chi connectivity index (χ0v) is 18.6. The van der Waals surface area contributed by atoms with E-state index in [1.807, 2.05) is 19.2 Å². The number of likely N-dealkylation sites (tertiary alicyclic amines) is 2. The molecule has 0 aliphatic carbocycles. The first-order chi connectivity index (χ1) is 14.5. The lowest BCUT2D eigenvalue weighted by molar-refractivity contribution is 0.0744. The van der Waals surface area contributed by atoms with Crippen LogP contribution in [-0.4, -0.2) is 76.0 Å². The molecule has 0 spiro atoms. The number of hydrogen-bond acceptors (Lipinski definition) is 9. The predicted molar refractivity (Wildman–Crippen MR) is 118 cm³/mol. The Bertz CT molecular complexity index is 962. The Morgan fingerprint density at radius 3 is 2.60 bits per heavy atom. The molecule has 2 aromatic heterocycles. The minimum absolute atomic E-state index is 0.0442. The van der Waals surface area contributed by atoms with Crippen molar-refractivity contribution < 1.29 is 0 Å². The zero-order valence-electron chi connectivity index (χ0n) is 17.8. The van der Waals surface area contributed by atoms with Crippen LogP contribution >= 0.6 is 11.5 Å². The van der Waals surface area contributed by atoms with Crippen LogP contribution in [0, 0.1) is 37.0 Å². The summed E-state index contributed by atoms with van der Waals surface area (Å²) in [5.41, 5.74) is 2.00. The van der Waals surface area contributed by atoms with Crippen LogP contribution < -0.4 is 10.2 Å². The first kappa shape index (κ1) is 19.7. The molecule has 8 nitrogen and oxygen atoms in total. The maximum atomic E-state index is 9.55. The van der Waals surface area contributed by atoms with E-state index in [-0.39, 0.29) is 5.54 Å². The molecule has 0 saturated carbocycles. The second kappa shape index (κ2) is 7.45. The van der Waals surface area contributed by atoms with E-state index in [4.69, 9.17) is 4.98 Å². The minimum atomic E-state index is -0.0442. The Balaban J connectivity index is 1.31. The van der Waals surface area contributed by atoms with Gasteiger partial charge in [-0.1, -0.05) is 0 Å². The molecule has 5 heterocycles. The van der Waals surface area contributed by atoms with Crippen LogP contribution in [-0.2, 0) is 0 Å². The SMILES string of the molecule is Cc1cc(Nc2ncc(C)c(N3CC(CC#N)(N4C[C@H]5CN(C)C[C@H]5C4)C3)n2)sn1. The van der Waals surface area contributed by atoms with Crippen molar-refractivity contribution in [2.45, 2.75) is 25.8 Å². The molecule has 5 rings (SSSR count). The summed E-state index contributed by atoms with van der Waals surface area (Å²) < 4.78 is 4.30. The van der Waals surface area contributed by atoms with Crippen LogP contribution in [0.15, 0.2) is 12.3 Å². The average molecular weight is 425 g/mol. The van der Waals surface area contributed by atoms with Crippen LogP contribution in [0.4, 0.5) is 16.8 Å². The van der Waals surface area contributed by atoms with E-state index in [0.29, 0.717) is 12.4 Å². The summed E-state index contributed by atoms with van der Waals surface area (Å²) in [6.07, 6.45) is 2.45. The Morgan fingerprint density at radius 2 is 1.97 bits per heavy atom. The molecule has 0 amide bonds. The van der Waals surface area contributed by atoms with Gasteiger partial charge in [-0.25, -0.2) is 4.98 Å². The van der Waals surface area contributed by atoms with Gasteiger partial charge in [-0.05, 0) is 50.3 Å². The van der Waals surface area contributed by atoms with Crippen molar-refractivity contribution >= 4 is 28.3 Å². The van der Waals surface area contributed by atoms with Crippen molar-refractivity contribution in [1.29, 1.82) is 5.26 Å². The molecular weight excluding hydrogens is 396 g/mol. The third kappa shape index (κ3) is 3.43. The highest BCUT2D eigenvalue weighted by molar-refractivity contribution is 7.10. The van der Waals surface area contributed by atoms with E-state index in [2.05, 4.69) is 49.4 Å². The van der Waals surface area contributed by atoms with Gasteiger partial charge in [0, 0.05) is 51.0 Å². The summed E-state index contributed by atoms with van der Waals surface area (Å²) in [6, 6.07) is 4.46. The summed E-state index contributed by atoms with van der Waals surface area (Å²) in [6.45, 7) is 10.3. The van der Waals surface area contributed by atoms with Gasteiger partial charge in [0.25, 0.3) is 0 Å². The topological polar surface area (TPSA) is 84.2 Å². The van der Waals surface area contributed by atoms with Gasteiger partial charge in [0.1, 0.15) is 10.8 Å². The second-order valence-electron chi connectivity index (χ2n) is 9.22. The summed E-state index contributed by atoms with van der Waals surface area (Å²) >= 11 is 1.41. The van der Waals surface area contributed by atoms with E-state index >= 15 is 0 Å². The van der Waals surface area contributed by atoms with E-state index in [0.717, 1.165) is 60.1 Å². The van der Waals surface area contributed by atoms with Crippen LogP contribution in [0.5, 0.6) is 0 Å². The van der Waals surface area contributed by atoms with Crippen molar-refractivity contribution in [3.05, 3.63) is 23.5 Å². The highest BCUT2D eigenvalue weighted by atomic mass is 32.1. The Kier molecular flexibility index (Phi) is 4.88. The van der Waals surface area contributed by atoms with E-state index in [9.17, 15) is 5.26 Å². The molecule has 3 fully saturated rings. The first-order valence-corrected chi connectivity index (χ1v) is 11.3. The molecular formula is C21H28N8S. The van der Waals surface area contributed by atoms with E-state index in [1.165, 1.54) is 24.6 Å². The number of nitrogens with zero attached hydrogens (tertiary/aromatic N) is 7. The molecule has 2 atom stereocenters. The van der Waals surface area contributed by atoms with Gasteiger partial charge < -0.3 is 15.1 Å². The van der Waals surface area contributed by atoms with E-state index in [1.54, 1.807) is 0 Å². The molecule has 3 aliphatic heterocycles. The molecule has 0 radical (unpaired) electrons. The van der Waals surface area contributed by atoms with Crippen molar-refractivity contribution in [2.75, 3.05) is 56.5 Å². The number of nitrogens with one attached hydrogen (secondary N) is 1. The van der Waals surface area contributed by atoms with Gasteiger partial charge in [-0.2, -0.15) is 14.6 Å². The molecule has 0 bridgehead atoms. The highest BCUT2D eigenvalue weighted by Crippen LogP contribution is 2.41. The summed E-state index contributed by atoms with van der Waals surface area (Å²) in [7, 11) is 2.22. The van der Waals surface area contributed by atoms with Crippen LogP contribution in [0.1, 0.15) is 17.7 Å². The maximum Gasteiger partial charge on any atom is 0.229 e. The van der Waals surface area contributed by atoms with Crippen molar-refractivity contribution in [3.8, 4) is 6.07 Å². The molecule has 3 aliphatic rings. The Hall–Kier alpha value is -2.28. The number of anilines is 3. The van der Waals surface area contributed by atoms with Crippen LogP contribution in [0.2, 0.25) is 0 Å². The minimum Gasteiger partial charge on any atom is -0.352 e. The molecule has 0 aromatic carbocycles. The quantitative estimate of drug-likeness (QED) is 0.783. The lowest BCUT2D eigenvalue weighted by Crippen LogP contribution is -2.70. The van der Waals surface area contributed by atoms with E-state index < -0.39 is 0 Å². The largest absolute Gasteiger partial charge is 0.352 e. The Morgan fingerprint density at radius 1 is 1.23 bits per heavy atom. The monoisotopic (exact) mass is 424 g/mol. The number of aromatic nitrogens is 3. The van der Waals surface area contributed by atoms with Gasteiger partial charge in [0.2, 0.25) is 5.95 Å². The number of aryl methyl sites for hydroxylation is 2. The maximum absolute atomic E-state index is 9.55. The fraction of sp³-hybridized carbons (Fsp3) is 0.619. The van der Waals surface area contributed by atoms with Gasteiger partial charge in [-0.15, -0.1) is 0 Å². The first-order valence-electron chi connectivity index (χ1n) is 10.6. The van der Waals surface area contributed by atoms with Gasteiger partial charge in [0.05, 0.1) is 23.7 Å². The highest BCUT2D eigenvalue weighted by Gasteiger charge is 2.53. The lowest BCUT2D eigenvalue weighted by Gasteiger charge is -2.55. The van der Waals surface area contributed by atoms with Gasteiger partial charge in [-0.3, -0.25) is 4.90 Å². The summed E-state index contributed by atoms with van der Waals surface area (Å²) in [5, 5.41) is 13.8. The molecule has 2 aromatic rings. The summed E-state index contributed by atoms with van der Waals surface area (Å²) in [4.78, 5) is 16.6. The number of nitriles is 1. The van der Waals surface area contributed by atoms with Crippen molar-refractivity contribution in [2.24, 2.45) is 11.8 Å². The fourth-order valence-corrected chi connectivity index (χ4v) is 6.00. The molecule has 30 heavy (non-hydrogen) atoms. The molecule has 158 valence electrons. The fourth-order valence-electron chi connectivity index (χ4n) is 5.35. The van der Waals surface area contributed by atoms with Crippen LogP contribution in [0.3, 0.4) is 0 Å². The number of rotatable bonds is 5. The lowest BCUT2D eigenvalue weighted by atomic mass is 9.84. The van der Waals surface area contributed by atoms with Gasteiger partial charge in [0.15, 0.2) is 0 Å². The summed E-state index contributed by atoms with van der Waals surface area (Å²) in [5.74, 6) is 3.05. The average Bonchev–Trinajstić information content (AvgIpc) is 3.34. The number of fused-ring (bicyclic) bond motifs is 1. The molecule has 9 heteroatoms. The predicted octanol–water partition coefficient (Wildman–Crippen LogP) is 2.26. The van der Waals surface area contributed by atoms with Crippen LogP contribution in [0.25, 0.3) is 0 Å². The third-order valence-corrected chi connectivity index (χ3v) is 7.62. The van der Waals surface area contributed by atoms with Gasteiger partial charge >= 0.3 is 0 Å². The molecule has 0 unspecified atom stereocenters. The smallest absolute Gasteiger partial charge is 0.229 e. The van der Waals surface area contributed by atoms with Crippen molar-refractivity contribution in [1.82, 2.24) is 24.1 Å². The van der Waals surface area contributed by atoms with Crippen molar-refractivity contribution in [3.63, 3.8) is 0 Å². The zero-order chi connectivity index (χ0) is 20.9. The molecule has 3 saturated heterocycles. The number of hydrogen-bond donors (Lipinski definition) is 1. The second-order valence-corrected chi connectivity index (χ2v) is 10.0. The Labute approximate surface area is 181 Å². The standard InChI is InChI=1S/C21H28N8S/c1-14-7-23-20(24-18-6-15(2)26-30-18)25-19(14)28-12-21(13-28,4-5-22)29-10-16-8-27(3)9-17(16)11-29/h6-7,16-17H,4,8-13H2,1-3H3,(H,23,24,25)/t16-,17+.